The van der Waals surface area contributed by atoms with Gasteiger partial charge in [0.25, 0.3) is 0 Å². The van der Waals surface area contributed by atoms with Crippen LogP contribution in [0.4, 0.5) is 0 Å². The van der Waals surface area contributed by atoms with E-state index in [-0.39, 0.29) is 0 Å². The Hall–Kier alpha value is -1.12. The van der Waals surface area contributed by atoms with Crippen LogP contribution in [0.5, 0.6) is 0 Å². The van der Waals surface area contributed by atoms with Crippen molar-refractivity contribution >= 4 is 11.3 Å². The Labute approximate surface area is 132 Å². The van der Waals surface area contributed by atoms with Crippen molar-refractivity contribution < 1.29 is 0 Å². The van der Waals surface area contributed by atoms with E-state index in [4.69, 9.17) is 0 Å². The summed E-state index contributed by atoms with van der Waals surface area (Å²) in [6.07, 6.45) is 3.69. The smallest absolute Gasteiger partial charge is 0.0149 e. The highest BCUT2D eigenvalue weighted by molar-refractivity contribution is 7.11. The molecule has 3 unspecified atom stereocenters. The number of hydrogen-bond donors (Lipinski definition) is 1. The van der Waals surface area contributed by atoms with E-state index in [0.29, 0.717) is 6.04 Å². The third-order valence-electron chi connectivity index (χ3n) is 4.54. The average Bonchev–Trinajstić information content (AvgIpc) is 3.20. The third kappa shape index (κ3) is 3.56. The lowest BCUT2D eigenvalue weighted by Crippen LogP contribution is -2.33. The van der Waals surface area contributed by atoms with Gasteiger partial charge in [0.2, 0.25) is 0 Å². The summed E-state index contributed by atoms with van der Waals surface area (Å²) in [4.78, 5) is 3.05. The van der Waals surface area contributed by atoms with Gasteiger partial charge in [0.1, 0.15) is 0 Å². The molecule has 3 rings (SSSR count). The number of benzene rings is 1. The quantitative estimate of drug-likeness (QED) is 0.785. The Bertz CT molecular complexity index is 560. The summed E-state index contributed by atoms with van der Waals surface area (Å²) >= 11 is 1.99. The minimum absolute atomic E-state index is 0.628. The highest BCUT2D eigenvalue weighted by atomic mass is 32.1. The Balaban J connectivity index is 1.65. The first-order valence-electron chi connectivity index (χ1n) is 8.17. The molecule has 0 bridgehead atoms. The summed E-state index contributed by atoms with van der Waals surface area (Å²) in [5, 5.41) is 3.73. The molecule has 1 aliphatic carbocycles. The summed E-state index contributed by atoms with van der Waals surface area (Å²) in [5.41, 5.74) is 1.52. The minimum Gasteiger partial charge on any atom is -0.314 e. The number of rotatable bonds is 7. The molecular formula is C19H25NS. The molecule has 1 saturated carbocycles. The summed E-state index contributed by atoms with van der Waals surface area (Å²) in [6, 6.07) is 16.3. The van der Waals surface area contributed by atoms with Gasteiger partial charge in [0.05, 0.1) is 0 Å². The molecular weight excluding hydrogens is 274 g/mol. The van der Waals surface area contributed by atoms with E-state index in [2.05, 4.69) is 61.6 Å². The predicted molar refractivity (Wildman–Crippen MR) is 92.2 cm³/mol. The maximum Gasteiger partial charge on any atom is 0.0149 e. The van der Waals surface area contributed by atoms with Gasteiger partial charge < -0.3 is 5.32 Å². The van der Waals surface area contributed by atoms with Gasteiger partial charge in [0.15, 0.2) is 0 Å². The van der Waals surface area contributed by atoms with Gasteiger partial charge in [-0.1, -0.05) is 44.2 Å². The van der Waals surface area contributed by atoms with Crippen LogP contribution in [0, 0.1) is 5.92 Å². The highest BCUT2D eigenvalue weighted by Gasteiger charge is 2.43. The monoisotopic (exact) mass is 299 g/mol. The zero-order valence-corrected chi connectivity index (χ0v) is 13.8. The van der Waals surface area contributed by atoms with E-state index in [0.717, 1.165) is 24.8 Å². The second-order valence-electron chi connectivity index (χ2n) is 6.01. The van der Waals surface area contributed by atoms with Gasteiger partial charge in [-0.2, -0.15) is 0 Å². The maximum absolute atomic E-state index is 3.73. The second-order valence-corrected chi connectivity index (χ2v) is 7.26. The Morgan fingerprint density at radius 3 is 2.52 bits per heavy atom. The van der Waals surface area contributed by atoms with Gasteiger partial charge in [-0.25, -0.2) is 0 Å². The molecule has 21 heavy (non-hydrogen) atoms. The molecule has 1 N–H and O–H groups in total. The van der Waals surface area contributed by atoms with Crippen LogP contribution in [-0.4, -0.2) is 12.6 Å². The molecule has 0 amide bonds. The van der Waals surface area contributed by atoms with Crippen LogP contribution in [0.15, 0.2) is 42.5 Å². The SMILES string of the molecule is CCNC(Cc1ccc(CC)s1)C1CC1c1ccccc1. The van der Waals surface area contributed by atoms with Gasteiger partial charge in [-0.05, 0) is 55.3 Å². The van der Waals surface area contributed by atoms with Gasteiger partial charge in [-0.15, -0.1) is 11.3 Å². The lowest BCUT2D eigenvalue weighted by Gasteiger charge is -2.17. The van der Waals surface area contributed by atoms with Crippen molar-refractivity contribution in [2.75, 3.05) is 6.54 Å². The normalized spacial score (nSPS) is 22.2. The van der Waals surface area contributed by atoms with Crippen LogP contribution in [0.25, 0.3) is 0 Å². The van der Waals surface area contributed by atoms with Crippen molar-refractivity contribution in [2.24, 2.45) is 5.92 Å². The fraction of sp³-hybridized carbons (Fsp3) is 0.474. The maximum atomic E-state index is 3.73. The number of likely N-dealkylation sites (N-methyl/N-ethyl adjacent to an activating group) is 1. The molecule has 1 aromatic heterocycles. The van der Waals surface area contributed by atoms with E-state index < -0.39 is 0 Å². The van der Waals surface area contributed by atoms with Crippen molar-refractivity contribution in [3.63, 3.8) is 0 Å². The summed E-state index contributed by atoms with van der Waals surface area (Å²) < 4.78 is 0. The fourth-order valence-corrected chi connectivity index (χ4v) is 4.33. The van der Waals surface area contributed by atoms with E-state index >= 15 is 0 Å². The molecule has 2 aromatic rings. The molecule has 0 spiro atoms. The molecule has 2 heteroatoms. The van der Waals surface area contributed by atoms with Crippen LogP contribution < -0.4 is 5.32 Å². The van der Waals surface area contributed by atoms with Crippen molar-refractivity contribution in [1.82, 2.24) is 5.32 Å². The Morgan fingerprint density at radius 2 is 1.86 bits per heavy atom. The van der Waals surface area contributed by atoms with E-state index in [9.17, 15) is 0 Å². The Morgan fingerprint density at radius 1 is 1.10 bits per heavy atom. The summed E-state index contributed by atoms with van der Waals surface area (Å²) in [6.45, 7) is 5.52. The average molecular weight is 299 g/mol. The third-order valence-corrected chi connectivity index (χ3v) is 5.79. The topological polar surface area (TPSA) is 12.0 Å². The van der Waals surface area contributed by atoms with Crippen LogP contribution in [-0.2, 0) is 12.8 Å². The number of nitrogens with one attached hydrogen (secondary N) is 1. The molecule has 0 radical (unpaired) electrons. The van der Waals surface area contributed by atoms with Crippen LogP contribution in [0.3, 0.4) is 0 Å². The molecule has 1 aliphatic rings. The van der Waals surface area contributed by atoms with Crippen molar-refractivity contribution in [1.29, 1.82) is 0 Å². The van der Waals surface area contributed by atoms with Gasteiger partial charge in [0, 0.05) is 15.8 Å². The molecule has 112 valence electrons. The number of thiophene rings is 1. The zero-order chi connectivity index (χ0) is 14.7. The first-order chi connectivity index (χ1) is 10.3. The van der Waals surface area contributed by atoms with Crippen LogP contribution in [0.1, 0.15) is 41.5 Å². The van der Waals surface area contributed by atoms with Crippen molar-refractivity contribution in [3.05, 3.63) is 57.8 Å². The molecule has 1 fully saturated rings. The van der Waals surface area contributed by atoms with Crippen molar-refractivity contribution in [2.45, 2.75) is 45.1 Å². The number of aryl methyl sites for hydroxylation is 1. The van der Waals surface area contributed by atoms with Gasteiger partial charge >= 0.3 is 0 Å². The van der Waals surface area contributed by atoms with Gasteiger partial charge in [-0.3, -0.25) is 0 Å². The molecule has 0 aliphatic heterocycles. The highest BCUT2D eigenvalue weighted by Crippen LogP contribution is 2.50. The predicted octanol–water partition coefficient (Wildman–Crippen LogP) is 4.63. The molecule has 1 heterocycles. The van der Waals surface area contributed by atoms with Crippen LogP contribution in [0.2, 0.25) is 0 Å². The van der Waals surface area contributed by atoms with Crippen molar-refractivity contribution in [3.8, 4) is 0 Å². The first-order valence-corrected chi connectivity index (χ1v) is 8.99. The zero-order valence-electron chi connectivity index (χ0n) is 13.0. The van der Waals surface area contributed by atoms with E-state index in [1.807, 2.05) is 11.3 Å². The van der Waals surface area contributed by atoms with E-state index in [1.165, 1.54) is 28.2 Å². The number of hydrogen-bond acceptors (Lipinski definition) is 2. The molecule has 1 nitrogen and oxygen atoms in total. The standard InChI is InChI=1S/C19H25NS/c1-3-15-10-11-16(21-15)12-19(20-4-2)18-13-17(18)14-8-6-5-7-9-14/h5-11,17-20H,3-4,12-13H2,1-2H3. The largest absolute Gasteiger partial charge is 0.314 e. The Kier molecular flexibility index (Phi) is 4.77. The molecule has 1 aromatic carbocycles. The first kappa shape index (κ1) is 14.8. The second kappa shape index (κ2) is 6.76. The fourth-order valence-electron chi connectivity index (χ4n) is 3.32. The van der Waals surface area contributed by atoms with E-state index in [1.54, 1.807) is 0 Å². The summed E-state index contributed by atoms with van der Waals surface area (Å²) in [5.74, 6) is 1.57. The lowest BCUT2D eigenvalue weighted by molar-refractivity contribution is 0.467. The minimum atomic E-state index is 0.628. The molecule has 3 atom stereocenters. The van der Waals surface area contributed by atoms with Crippen LogP contribution >= 0.6 is 11.3 Å². The summed E-state index contributed by atoms with van der Waals surface area (Å²) in [7, 11) is 0. The molecule has 0 saturated heterocycles. The lowest BCUT2D eigenvalue weighted by atomic mass is 10.0.